The van der Waals surface area contributed by atoms with Crippen molar-refractivity contribution in [3.05, 3.63) is 0 Å². The fourth-order valence-electron chi connectivity index (χ4n) is 1.84. The van der Waals surface area contributed by atoms with Crippen molar-refractivity contribution in [1.82, 2.24) is 10.4 Å². The fourth-order valence-corrected chi connectivity index (χ4v) is 1.84. The van der Waals surface area contributed by atoms with Crippen LogP contribution in [0, 0.1) is 0 Å². The van der Waals surface area contributed by atoms with Crippen LogP contribution in [-0.4, -0.2) is 48.5 Å². The Hall–Kier alpha value is -1.96. The minimum Gasteiger partial charge on any atom is -0.360 e. The third-order valence-corrected chi connectivity index (χ3v) is 3.00. The lowest BCUT2D eigenvalue weighted by atomic mass is 10.2. The van der Waals surface area contributed by atoms with Crippen LogP contribution in [0.3, 0.4) is 0 Å². The van der Waals surface area contributed by atoms with E-state index in [4.69, 9.17) is 4.74 Å². The van der Waals surface area contributed by atoms with E-state index in [2.05, 4.69) is 17.1 Å². The molecule has 1 aliphatic rings. The maximum atomic E-state index is 11.4. The van der Waals surface area contributed by atoms with Gasteiger partial charge in [-0.1, -0.05) is 26.2 Å². The molecule has 0 unspecified atom stereocenters. The summed E-state index contributed by atoms with van der Waals surface area (Å²) >= 11 is 0. The maximum Gasteiger partial charge on any atom is 0.358 e. The Morgan fingerprint density at radius 3 is 2.41 bits per heavy atom. The second-order valence-electron chi connectivity index (χ2n) is 4.95. The third-order valence-electron chi connectivity index (χ3n) is 3.00. The van der Waals surface area contributed by atoms with Gasteiger partial charge in [-0.3, -0.25) is 14.4 Å². The molecule has 0 atom stereocenters. The Kier molecular flexibility index (Phi) is 8.13. The molecule has 1 fully saturated rings. The Morgan fingerprint density at radius 1 is 1.09 bits per heavy atom. The first kappa shape index (κ1) is 18.1. The number of rotatable bonds is 10. The molecule has 0 radical (unpaired) electrons. The SMILES string of the molecule is CCCCCCNC(=O)COCC(=O)ON1C(=O)CCC1=O. The summed E-state index contributed by atoms with van der Waals surface area (Å²) in [5, 5.41) is 3.11. The van der Waals surface area contributed by atoms with E-state index in [1.165, 1.54) is 0 Å². The van der Waals surface area contributed by atoms with Crippen molar-refractivity contribution in [1.29, 1.82) is 0 Å². The number of nitrogens with zero attached hydrogens (tertiary/aromatic N) is 1. The molecular weight excluding hydrogens is 292 g/mol. The van der Waals surface area contributed by atoms with E-state index in [0.717, 1.165) is 25.7 Å². The molecule has 8 nitrogen and oxygen atoms in total. The van der Waals surface area contributed by atoms with Crippen molar-refractivity contribution in [2.45, 2.75) is 45.4 Å². The van der Waals surface area contributed by atoms with Gasteiger partial charge in [0.05, 0.1) is 0 Å². The van der Waals surface area contributed by atoms with Gasteiger partial charge in [-0.05, 0) is 6.42 Å². The van der Waals surface area contributed by atoms with Crippen LogP contribution >= 0.6 is 0 Å². The molecule has 1 heterocycles. The topological polar surface area (TPSA) is 102 Å². The van der Waals surface area contributed by atoms with E-state index >= 15 is 0 Å². The highest BCUT2D eigenvalue weighted by Crippen LogP contribution is 2.11. The van der Waals surface area contributed by atoms with Gasteiger partial charge >= 0.3 is 5.97 Å². The maximum absolute atomic E-state index is 11.4. The second-order valence-corrected chi connectivity index (χ2v) is 4.95. The van der Waals surface area contributed by atoms with Crippen LogP contribution in [-0.2, 0) is 28.8 Å². The zero-order valence-electron chi connectivity index (χ0n) is 12.8. The summed E-state index contributed by atoms with van der Waals surface area (Å²) in [6, 6.07) is 0. The van der Waals surface area contributed by atoms with Crippen LogP contribution in [0.2, 0.25) is 0 Å². The average Bonchev–Trinajstić information content (AvgIpc) is 2.79. The number of hydrogen-bond acceptors (Lipinski definition) is 6. The number of unbranched alkanes of at least 4 members (excludes halogenated alkanes) is 3. The van der Waals surface area contributed by atoms with Gasteiger partial charge in [0.15, 0.2) is 0 Å². The molecule has 1 saturated heterocycles. The predicted octanol–water partition coefficient (Wildman–Crippen LogP) is 0.307. The molecule has 3 amide bonds. The van der Waals surface area contributed by atoms with Gasteiger partial charge in [0.2, 0.25) is 5.91 Å². The van der Waals surface area contributed by atoms with Crippen LogP contribution in [0.4, 0.5) is 0 Å². The molecule has 22 heavy (non-hydrogen) atoms. The molecule has 1 N–H and O–H groups in total. The molecule has 0 aliphatic carbocycles. The number of hydrogen-bond donors (Lipinski definition) is 1. The minimum atomic E-state index is -0.889. The van der Waals surface area contributed by atoms with Crippen LogP contribution < -0.4 is 5.32 Å². The monoisotopic (exact) mass is 314 g/mol. The molecule has 0 saturated carbocycles. The molecule has 0 aromatic rings. The van der Waals surface area contributed by atoms with Crippen molar-refractivity contribution in [2.75, 3.05) is 19.8 Å². The summed E-state index contributed by atoms with van der Waals surface area (Å²) in [5.74, 6) is -2.32. The molecule has 0 aromatic carbocycles. The summed E-state index contributed by atoms with van der Waals surface area (Å²) in [4.78, 5) is 49.8. The molecule has 0 bridgehead atoms. The van der Waals surface area contributed by atoms with Crippen LogP contribution in [0.15, 0.2) is 0 Å². The largest absolute Gasteiger partial charge is 0.360 e. The second kappa shape index (κ2) is 9.88. The third kappa shape index (κ3) is 6.66. The summed E-state index contributed by atoms with van der Waals surface area (Å²) in [7, 11) is 0. The summed E-state index contributed by atoms with van der Waals surface area (Å²) < 4.78 is 4.88. The Morgan fingerprint density at radius 2 is 1.77 bits per heavy atom. The highest BCUT2D eigenvalue weighted by atomic mass is 16.7. The minimum absolute atomic E-state index is 0.0351. The van der Waals surface area contributed by atoms with Gasteiger partial charge in [0, 0.05) is 19.4 Å². The van der Waals surface area contributed by atoms with E-state index in [1.54, 1.807) is 0 Å². The molecule has 8 heteroatoms. The lowest BCUT2D eigenvalue weighted by molar-refractivity contribution is -0.200. The smallest absolute Gasteiger partial charge is 0.358 e. The van der Waals surface area contributed by atoms with Gasteiger partial charge in [0.25, 0.3) is 11.8 Å². The molecule has 0 aromatic heterocycles. The lowest BCUT2D eigenvalue weighted by Crippen LogP contribution is -2.34. The van der Waals surface area contributed by atoms with Crippen LogP contribution in [0.5, 0.6) is 0 Å². The highest BCUT2D eigenvalue weighted by molar-refractivity contribution is 6.01. The first-order chi connectivity index (χ1) is 10.5. The van der Waals surface area contributed by atoms with Crippen molar-refractivity contribution in [3.8, 4) is 0 Å². The van der Waals surface area contributed by atoms with Gasteiger partial charge in [0.1, 0.15) is 13.2 Å². The Labute approximate surface area is 129 Å². The van der Waals surface area contributed by atoms with Gasteiger partial charge in [-0.15, -0.1) is 5.06 Å². The molecule has 124 valence electrons. The van der Waals surface area contributed by atoms with Gasteiger partial charge in [-0.2, -0.15) is 0 Å². The van der Waals surface area contributed by atoms with E-state index < -0.39 is 24.4 Å². The summed E-state index contributed by atoms with van der Waals surface area (Å²) in [6.45, 7) is 1.91. The quantitative estimate of drug-likeness (QED) is 0.460. The average molecular weight is 314 g/mol. The Bertz CT molecular complexity index is 408. The molecular formula is C14H22N2O6. The molecule has 1 aliphatic heterocycles. The zero-order chi connectivity index (χ0) is 16.4. The standard InChI is InChI=1S/C14H22N2O6/c1-2-3-4-5-8-15-11(17)9-21-10-14(20)22-16-12(18)6-7-13(16)19/h2-10H2,1H3,(H,15,17). The van der Waals surface area contributed by atoms with Crippen molar-refractivity contribution in [3.63, 3.8) is 0 Å². The van der Waals surface area contributed by atoms with Crippen molar-refractivity contribution in [2.24, 2.45) is 0 Å². The number of carbonyl (C=O) groups is 4. The van der Waals surface area contributed by atoms with Gasteiger partial charge < -0.3 is 14.9 Å². The number of carbonyl (C=O) groups excluding carboxylic acids is 4. The number of ether oxygens (including phenoxy) is 1. The summed E-state index contributed by atoms with van der Waals surface area (Å²) in [6.07, 6.45) is 4.29. The first-order valence-electron chi connectivity index (χ1n) is 7.45. The van der Waals surface area contributed by atoms with E-state index in [9.17, 15) is 19.2 Å². The van der Waals surface area contributed by atoms with Gasteiger partial charge in [-0.25, -0.2) is 4.79 Å². The van der Waals surface area contributed by atoms with E-state index in [0.29, 0.717) is 11.6 Å². The number of nitrogens with one attached hydrogen (secondary N) is 1. The van der Waals surface area contributed by atoms with E-state index in [1.807, 2.05) is 0 Å². The van der Waals surface area contributed by atoms with Crippen LogP contribution in [0.1, 0.15) is 45.4 Å². The number of hydroxylamine groups is 2. The normalized spacial score (nSPS) is 14.3. The molecule has 1 rings (SSSR count). The Balaban J connectivity index is 2.08. The first-order valence-corrected chi connectivity index (χ1v) is 7.45. The zero-order valence-corrected chi connectivity index (χ0v) is 12.8. The fraction of sp³-hybridized carbons (Fsp3) is 0.714. The highest BCUT2D eigenvalue weighted by Gasteiger charge is 2.32. The summed E-state index contributed by atoms with van der Waals surface area (Å²) in [5.41, 5.74) is 0. The number of imide groups is 1. The van der Waals surface area contributed by atoms with Crippen molar-refractivity contribution < 1.29 is 28.8 Å². The van der Waals surface area contributed by atoms with Crippen LogP contribution in [0.25, 0.3) is 0 Å². The predicted molar refractivity (Wildman–Crippen MR) is 75.1 cm³/mol. The van der Waals surface area contributed by atoms with E-state index in [-0.39, 0.29) is 25.4 Å². The van der Waals surface area contributed by atoms with Crippen molar-refractivity contribution >= 4 is 23.7 Å². The number of amides is 3. The lowest BCUT2D eigenvalue weighted by Gasteiger charge is -2.12. The molecule has 0 spiro atoms.